The van der Waals surface area contributed by atoms with E-state index in [0.29, 0.717) is 12.5 Å². The molecule has 1 saturated heterocycles. The van der Waals surface area contributed by atoms with Crippen molar-refractivity contribution in [2.75, 3.05) is 19.6 Å². The molecule has 1 amide bonds. The minimum Gasteiger partial charge on any atom is -0.352 e. The van der Waals surface area contributed by atoms with Crippen LogP contribution < -0.4 is 10.6 Å². The van der Waals surface area contributed by atoms with Gasteiger partial charge >= 0.3 is 6.18 Å². The molecule has 2 N–H and O–H groups in total. The number of alkyl halides is 3. The summed E-state index contributed by atoms with van der Waals surface area (Å²) in [6, 6.07) is 4.81. The van der Waals surface area contributed by atoms with Crippen molar-refractivity contribution in [3.8, 4) is 0 Å². The van der Waals surface area contributed by atoms with Crippen LogP contribution in [0, 0.1) is 5.92 Å². The third-order valence-electron chi connectivity index (χ3n) is 2.89. The predicted molar refractivity (Wildman–Crippen MR) is 60.1 cm³/mol. The zero-order valence-electron chi connectivity index (χ0n) is 9.55. The zero-order chi connectivity index (χ0) is 13.2. The molecule has 98 valence electrons. The molecular weight excluding hydrogens is 245 g/mol. The SMILES string of the molecule is O=C(NCC1CNC1)c1ccccc1C(F)(F)F. The van der Waals surface area contributed by atoms with Crippen LogP contribution in [0.2, 0.25) is 0 Å². The second-order valence-corrected chi connectivity index (χ2v) is 4.28. The van der Waals surface area contributed by atoms with Crippen molar-refractivity contribution < 1.29 is 18.0 Å². The molecule has 1 aromatic carbocycles. The maximum Gasteiger partial charge on any atom is 0.417 e. The fourth-order valence-electron chi connectivity index (χ4n) is 1.75. The predicted octanol–water partition coefficient (Wildman–Crippen LogP) is 1.65. The molecule has 0 unspecified atom stereocenters. The zero-order valence-corrected chi connectivity index (χ0v) is 9.55. The summed E-state index contributed by atoms with van der Waals surface area (Å²) in [5, 5.41) is 5.56. The Morgan fingerprint density at radius 2 is 2.00 bits per heavy atom. The van der Waals surface area contributed by atoms with Crippen LogP contribution >= 0.6 is 0 Å². The van der Waals surface area contributed by atoms with E-state index in [1.54, 1.807) is 0 Å². The largest absolute Gasteiger partial charge is 0.417 e. The topological polar surface area (TPSA) is 41.1 Å². The van der Waals surface area contributed by atoms with Crippen molar-refractivity contribution in [2.24, 2.45) is 5.92 Å². The highest BCUT2D eigenvalue weighted by Crippen LogP contribution is 2.31. The van der Waals surface area contributed by atoms with Crippen LogP contribution in [0.5, 0.6) is 0 Å². The summed E-state index contributed by atoms with van der Waals surface area (Å²) in [5.74, 6) is -0.359. The molecule has 1 fully saturated rings. The van der Waals surface area contributed by atoms with Gasteiger partial charge in [0.05, 0.1) is 11.1 Å². The summed E-state index contributed by atoms with van der Waals surface area (Å²) in [5.41, 5.74) is -1.22. The summed E-state index contributed by atoms with van der Waals surface area (Å²) in [4.78, 5) is 11.7. The fourth-order valence-corrected chi connectivity index (χ4v) is 1.75. The molecule has 0 bridgehead atoms. The number of hydrogen-bond acceptors (Lipinski definition) is 2. The van der Waals surface area contributed by atoms with Gasteiger partial charge in [-0.25, -0.2) is 0 Å². The normalized spacial score (nSPS) is 16.2. The van der Waals surface area contributed by atoms with E-state index in [1.165, 1.54) is 18.2 Å². The number of nitrogens with one attached hydrogen (secondary N) is 2. The molecule has 0 atom stereocenters. The summed E-state index contributed by atoms with van der Waals surface area (Å²) >= 11 is 0. The van der Waals surface area contributed by atoms with Gasteiger partial charge in [0, 0.05) is 25.6 Å². The first-order valence-corrected chi connectivity index (χ1v) is 5.63. The van der Waals surface area contributed by atoms with E-state index in [4.69, 9.17) is 0 Å². The van der Waals surface area contributed by atoms with Crippen molar-refractivity contribution in [3.63, 3.8) is 0 Å². The van der Waals surface area contributed by atoms with Gasteiger partial charge < -0.3 is 10.6 Å². The van der Waals surface area contributed by atoms with E-state index in [0.717, 1.165) is 19.2 Å². The lowest BCUT2D eigenvalue weighted by Gasteiger charge is -2.27. The van der Waals surface area contributed by atoms with E-state index in [2.05, 4.69) is 10.6 Å². The maximum atomic E-state index is 12.7. The minimum absolute atomic E-state index is 0.312. The summed E-state index contributed by atoms with van der Waals surface area (Å²) in [6.07, 6.45) is -4.51. The summed E-state index contributed by atoms with van der Waals surface area (Å²) < 4.78 is 38.1. The van der Waals surface area contributed by atoms with Crippen LogP contribution in [-0.4, -0.2) is 25.5 Å². The number of carbonyl (C=O) groups is 1. The van der Waals surface area contributed by atoms with Crippen LogP contribution in [-0.2, 0) is 6.18 Å². The highest BCUT2D eigenvalue weighted by atomic mass is 19.4. The Kier molecular flexibility index (Phi) is 3.56. The monoisotopic (exact) mass is 258 g/mol. The molecule has 1 aliphatic heterocycles. The average Bonchev–Trinajstić information content (AvgIpc) is 2.25. The molecule has 0 aliphatic carbocycles. The van der Waals surface area contributed by atoms with Gasteiger partial charge in [-0.15, -0.1) is 0 Å². The molecule has 0 radical (unpaired) electrons. The third-order valence-corrected chi connectivity index (χ3v) is 2.89. The Balaban J connectivity index is 2.09. The molecule has 0 saturated carbocycles. The Morgan fingerprint density at radius 3 is 2.56 bits per heavy atom. The van der Waals surface area contributed by atoms with Crippen molar-refractivity contribution in [1.82, 2.24) is 10.6 Å². The number of benzene rings is 1. The summed E-state index contributed by atoms with van der Waals surface area (Å²) in [7, 11) is 0. The van der Waals surface area contributed by atoms with Gasteiger partial charge in [-0.3, -0.25) is 4.79 Å². The van der Waals surface area contributed by atoms with Crippen LogP contribution in [0.3, 0.4) is 0 Å². The lowest BCUT2D eigenvalue weighted by molar-refractivity contribution is -0.137. The standard InChI is InChI=1S/C12H13F3N2O/c13-12(14,15)10-4-2-1-3-9(10)11(18)17-7-8-5-16-6-8/h1-4,8,16H,5-7H2,(H,17,18). The lowest BCUT2D eigenvalue weighted by atomic mass is 10.0. The highest BCUT2D eigenvalue weighted by Gasteiger charge is 2.34. The Morgan fingerprint density at radius 1 is 1.33 bits per heavy atom. The van der Waals surface area contributed by atoms with Crippen molar-refractivity contribution in [2.45, 2.75) is 6.18 Å². The van der Waals surface area contributed by atoms with E-state index >= 15 is 0 Å². The van der Waals surface area contributed by atoms with Gasteiger partial charge in [0.15, 0.2) is 0 Å². The summed E-state index contributed by atoms with van der Waals surface area (Å²) in [6.45, 7) is 1.99. The molecule has 1 aromatic rings. The quantitative estimate of drug-likeness (QED) is 0.865. The van der Waals surface area contributed by atoms with Gasteiger partial charge in [-0.1, -0.05) is 12.1 Å². The van der Waals surface area contributed by atoms with Gasteiger partial charge in [-0.05, 0) is 12.1 Å². The number of halogens is 3. The molecule has 6 heteroatoms. The Hall–Kier alpha value is -1.56. The molecule has 1 heterocycles. The lowest BCUT2D eigenvalue weighted by Crippen LogP contribution is -2.48. The van der Waals surface area contributed by atoms with Crippen molar-refractivity contribution in [1.29, 1.82) is 0 Å². The van der Waals surface area contributed by atoms with Gasteiger partial charge in [0.2, 0.25) is 0 Å². The van der Waals surface area contributed by atoms with Gasteiger partial charge in [-0.2, -0.15) is 13.2 Å². The van der Waals surface area contributed by atoms with Crippen LogP contribution in [0.1, 0.15) is 15.9 Å². The molecule has 0 aromatic heterocycles. The maximum absolute atomic E-state index is 12.7. The number of amides is 1. The Labute approximate surface area is 102 Å². The second kappa shape index (κ2) is 4.97. The van der Waals surface area contributed by atoms with E-state index < -0.39 is 17.6 Å². The van der Waals surface area contributed by atoms with Crippen LogP contribution in [0.4, 0.5) is 13.2 Å². The Bertz CT molecular complexity index is 441. The van der Waals surface area contributed by atoms with Crippen LogP contribution in [0.15, 0.2) is 24.3 Å². The van der Waals surface area contributed by atoms with Gasteiger partial charge in [0.25, 0.3) is 5.91 Å². The molecule has 0 spiro atoms. The number of carbonyl (C=O) groups excluding carboxylic acids is 1. The minimum atomic E-state index is -4.51. The molecule has 3 nitrogen and oxygen atoms in total. The van der Waals surface area contributed by atoms with E-state index in [1.807, 2.05) is 0 Å². The first kappa shape index (κ1) is 12.9. The molecule has 2 rings (SSSR count). The van der Waals surface area contributed by atoms with Crippen molar-refractivity contribution in [3.05, 3.63) is 35.4 Å². The molecular formula is C12H13F3N2O. The second-order valence-electron chi connectivity index (χ2n) is 4.28. The fraction of sp³-hybridized carbons (Fsp3) is 0.417. The van der Waals surface area contributed by atoms with E-state index in [-0.39, 0.29) is 5.56 Å². The first-order chi connectivity index (χ1) is 8.48. The van der Waals surface area contributed by atoms with Crippen LogP contribution in [0.25, 0.3) is 0 Å². The molecule has 1 aliphatic rings. The highest BCUT2D eigenvalue weighted by molar-refractivity contribution is 5.95. The van der Waals surface area contributed by atoms with Gasteiger partial charge in [0.1, 0.15) is 0 Å². The third kappa shape index (κ3) is 2.81. The first-order valence-electron chi connectivity index (χ1n) is 5.63. The van der Waals surface area contributed by atoms with E-state index in [9.17, 15) is 18.0 Å². The number of rotatable bonds is 3. The molecule has 18 heavy (non-hydrogen) atoms. The number of hydrogen-bond donors (Lipinski definition) is 2. The van der Waals surface area contributed by atoms with Crippen molar-refractivity contribution >= 4 is 5.91 Å². The smallest absolute Gasteiger partial charge is 0.352 e. The average molecular weight is 258 g/mol.